The van der Waals surface area contributed by atoms with Gasteiger partial charge in [0.25, 0.3) is 0 Å². The van der Waals surface area contributed by atoms with Crippen molar-refractivity contribution in [3.05, 3.63) is 28.7 Å². The van der Waals surface area contributed by atoms with Crippen LogP contribution in [-0.4, -0.2) is 6.10 Å². The molecule has 1 unspecified atom stereocenters. The molecule has 1 atom stereocenters. The third-order valence-electron chi connectivity index (χ3n) is 1.29. The Morgan fingerprint density at radius 3 is 2.92 bits per heavy atom. The second kappa shape index (κ2) is 4.13. The summed E-state index contributed by atoms with van der Waals surface area (Å²) in [6, 6.07) is 9.41. The number of nitrogens with zero attached hydrogens (tertiary/aromatic N) is 1. The van der Waals surface area contributed by atoms with Crippen LogP contribution in [0.25, 0.3) is 0 Å². The largest absolute Gasteiger partial charge is 0.476 e. The first-order valence-electron chi connectivity index (χ1n) is 3.54. The van der Waals surface area contributed by atoms with Gasteiger partial charge in [0.1, 0.15) is 11.8 Å². The highest BCUT2D eigenvalue weighted by Crippen LogP contribution is 2.18. The van der Waals surface area contributed by atoms with E-state index in [1.54, 1.807) is 6.92 Å². The minimum atomic E-state index is -0.403. The van der Waals surface area contributed by atoms with Gasteiger partial charge < -0.3 is 4.74 Å². The summed E-state index contributed by atoms with van der Waals surface area (Å²) in [7, 11) is 0. The van der Waals surface area contributed by atoms with E-state index in [2.05, 4.69) is 15.9 Å². The molecule has 3 heteroatoms. The molecule has 0 N–H and O–H groups in total. The molecule has 62 valence electrons. The lowest BCUT2D eigenvalue weighted by Gasteiger charge is -2.06. The second-order valence-corrected chi connectivity index (χ2v) is 3.26. The average Bonchev–Trinajstić information content (AvgIpc) is 2.04. The monoisotopic (exact) mass is 225 g/mol. The molecule has 0 fully saturated rings. The fourth-order valence-corrected chi connectivity index (χ4v) is 1.15. The SMILES string of the molecule is CC(C#N)Oc1cccc(Br)c1. The van der Waals surface area contributed by atoms with E-state index in [-0.39, 0.29) is 0 Å². The van der Waals surface area contributed by atoms with Crippen molar-refractivity contribution >= 4 is 15.9 Å². The van der Waals surface area contributed by atoms with Crippen LogP contribution in [0.5, 0.6) is 5.75 Å². The van der Waals surface area contributed by atoms with Gasteiger partial charge in [0.2, 0.25) is 0 Å². The van der Waals surface area contributed by atoms with Crippen LogP contribution in [0, 0.1) is 11.3 Å². The van der Waals surface area contributed by atoms with Crippen LogP contribution in [-0.2, 0) is 0 Å². The Kier molecular flexibility index (Phi) is 3.12. The first-order chi connectivity index (χ1) is 5.72. The van der Waals surface area contributed by atoms with Crippen LogP contribution in [0.4, 0.5) is 0 Å². The van der Waals surface area contributed by atoms with Gasteiger partial charge >= 0.3 is 0 Å². The number of ether oxygens (including phenoxy) is 1. The fourth-order valence-electron chi connectivity index (χ4n) is 0.771. The highest BCUT2D eigenvalue weighted by Gasteiger charge is 2.00. The highest BCUT2D eigenvalue weighted by atomic mass is 79.9. The summed E-state index contributed by atoms with van der Waals surface area (Å²) >= 11 is 3.31. The molecule has 0 aliphatic rings. The predicted octanol–water partition coefficient (Wildman–Crippen LogP) is 2.74. The topological polar surface area (TPSA) is 33.0 Å². The number of nitriles is 1. The maximum Gasteiger partial charge on any atom is 0.181 e. The number of benzene rings is 1. The molecule has 1 aromatic rings. The Morgan fingerprint density at radius 2 is 2.33 bits per heavy atom. The predicted molar refractivity (Wildman–Crippen MR) is 49.8 cm³/mol. The molecule has 0 bridgehead atoms. The molecule has 1 aromatic carbocycles. The zero-order valence-electron chi connectivity index (χ0n) is 6.62. The van der Waals surface area contributed by atoms with Gasteiger partial charge in [-0.25, -0.2) is 0 Å². The van der Waals surface area contributed by atoms with Crippen molar-refractivity contribution < 1.29 is 4.74 Å². The fraction of sp³-hybridized carbons (Fsp3) is 0.222. The molecule has 0 spiro atoms. The van der Waals surface area contributed by atoms with Gasteiger partial charge in [-0.3, -0.25) is 0 Å². The highest BCUT2D eigenvalue weighted by molar-refractivity contribution is 9.10. The minimum absolute atomic E-state index is 0.403. The second-order valence-electron chi connectivity index (χ2n) is 2.35. The summed E-state index contributed by atoms with van der Waals surface area (Å²) in [6.45, 7) is 1.71. The van der Waals surface area contributed by atoms with E-state index in [1.165, 1.54) is 0 Å². The molecule has 0 saturated heterocycles. The van der Waals surface area contributed by atoms with Crippen molar-refractivity contribution in [1.29, 1.82) is 5.26 Å². The zero-order chi connectivity index (χ0) is 8.97. The van der Waals surface area contributed by atoms with Crippen LogP contribution >= 0.6 is 15.9 Å². The molecule has 0 aromatic heterocycles. The summed E-state index contributed by atoms with van der Waals surface area (Å²) < 4.78 is 6.20. The zero-order valence-corrected chi connectivity index (χ0v) is 8.21. The third kappa shape index (κ3) is 2.55. The third-order valence-corrected chi connectivity index (χ3v) is 1.78. The van der Waals surface area contributed by atoms with E-state index in [9.17, 15) is 0 Å². The molecule has 0 saturated carbocycles. The minimum Gasteiger partial charge on any atom is -0.476 e. The number of rotatable bonds is 2. The molecule has 0 amide bonds. The summed E-state index contributed by atoms with van der Waals surface area (Å²) in [4.78, 5) is 0. The standard InChI is InChI=1S/C9H8BrNO/c1-7(6-11)12-9-4-2-3-8(10)5-9/h2-5,7H,1H3. The Balaban J connectivity index is 2.71. The molecule has 0 aliphatic carbocycles. The molecule has 2 nitrogen and oxygen atoms in total. The lowest BCUT2D eigenvalue weighted by molar-refractivity contribution is 0.276. The van der Waals surface area contributed by atoms with Crippen molar-refractivity contribution in [1.82, 2.24) is 0 Å². The molecule has 12 heavy (non-hydrogen) atoms. The molecular formula is C9H8BrNO. The van der Waals surface area contributed by atoms with E-state index in [1.807, 2.05) is 30.3 Å². The van der Waals surface area contributed by atoms with E-state index in [0.717, 1.165) is 4.47 Å². The molecule has 1 rings (SSSR count). The van der Waals surface area contributed by atoms with Gasteiger partial charge in [0.05, 0.1) is 0 Å². The first-order valence-corrected chi connectivity index (χ1v) is 4.33. The van der Waals surface area contributed by atoms with E-state index in [0.29, 0.717) is 5.75 Å². The Morgan fingerprint density at radius 1 is 1.58 bits per heavy atom. The maximum absolute atomic E-state index is 8.48. The van der Waals surface area contributed by atoms with Gasteiger partial charge in [-0.1, -0.05) is 22.0 Å². The van der Waals surface area contributed by atoms with E-state index < -0.39 is 6.10 Å². The van der Waals surface area contributed by atoms with Crippen molar-refractivity contribution in [3.8, 4) is 11.8 Å². The molecule has 0 heterocycles. The summed E-state index contributed by atoms with van der Waals surface area (Å²) in [5.41, 5.74) is 0. The first kappa shape index (κ1) is 9.08. The quantitative estimate of drug-likeness (QED) is 0.776. The normalized spacial score (nSPS) is 11.8. The van der Waals surface area contributed by atoms with Crippen molar-refractivity contribution in [2.24, 2.45) is 0 Å². The van der Waals surface area contributed by atoms with Gasteiger partial charge in [0, 0.05) is 4.47 Å². The van der Waals surface area contributed by atoms with Crippen molar-refractivity contribution in [2.45, 2.75) is 13.0 Å². The van der Waals surface area contributed by atoms with Crippen molar-refractivity contribution in [2.75, 3.05) is 0 Å². The van der Waals surface area contributed by atoms with Gasteiger partial charge in [0.15, 0.2) is 6.10 Å². The summed E-state index contributed by atoms with van der Waals surface area (Å²) in [6.07, 6.45) is -0.403. The molecule has 0 aliphatic heterocycles. The van der Waals surface area contributed by atoms with Crippen LogP contribution in [0.1, 0.15) is 6.92 Å². The lowest BCUT2D eigenvalue weighted by Crippen LogP contribution is -2.07. The van der Waals surface area contributed by atoms with E-state index >= 15 is 0 Å². The number of hydrogen-bond donors (Lipinski definition) is 0. The van der Waals surface area contributed by atoms with Crippen molar-refractivity contribution in [3.63, 3.8) is 0 Å². The van der Waals surface area contributed by atoms with Gasteiger partial charge in [-0.2, -0.15) is 5.26 Å². The Hall–Kier alpha value is -1.01. The van der Waals surface area contributed by atoms with Gasteiger partial charge in [-0.05, 0) is 25.1 Å². The Labute approximate surface area is 79.9 Å². The van der Waals surface area contributed by atoms with Crippen LogP contribution < -0.4 is 4.74 Å². The Bertz CT molecular complexity index is 306. The van der Waals surface area contributed by atoms with Gasteiger partial charge in [-0.15, -0.1) is 0 Å². The smallest absolute Gasteiger partial charge is 0.181 e. The van der Waals surface area contributed by atoms with Crippen LogP contribution in [0.15, 0.2) is 28.7 Å². The van der Waals surface area contributed by atoms with Crippen LogP contribution in [0.2, 0.25) is 0 Å². The molecular weight excluding hydrogens is 218 g/mol. The van der Waals surface area contributed by atoms with Crippen LogP contribution in [0.3, 0.4) is 0 Å². The number of halogens is 1. The lowest BCUT2D eigenvalue weighted by atomic mass is 10.3. The van der Waals surface area contributed by atoms with E-state index in [4.69, 9.17) is 10.00 Å². The summed E-state index contributed by atoms with van der Waals surface area (Å²) in [5, 5.41) is 8.48. The maximum atomic E-state index is 8.48. The average molecular weight is 226 g/mol. The number of hydrogen-bond acceptors (Lipinski definition) is 2. The molecule has 0 radical (unpaired) electrons. The summed E-state index contributed by atoms with van der Waals surface area (Å²) in [5.74, 6) is 0.707.